The molecule has 0 bridgehead atoms. The molecule has 1 fully saturated rings. The lowest BCUT2D eigenvalue weighted by molar-refractivity contribution is -0.117. The van der Waals surface area contributed by atoms with Crippen LogP contribution in [-0.2, 0) is 4.79 Å². The van der Waals surface area contributed by atoms with E-state index in [0.717, 1.165) is 31.5 Å². The fourth-order valence-corrected chi connectivity index (χ4v) is 2.98. The molecule has 1 atom stereocenters. The molecule has 120 valence electrons. The molecule has 0 aromatic heterocycles. The Balaban J connectivity index is 1.96. The van der Waals surface area contributed by atoms with Crippen LogP contribution >= 0.6 is 0 Å². The molecule has 22 heavy (non-hydrogen) atoms. The molecule has 1 saturated heterocycles. The summed E-state index contributed by atoms with van der Waals surface area (Å²) >= 11 is 0. The van der Waals surface area contributed by atoms with Crippen LogP contribution in [0, 0.1) is 18.8 Å². The van der Waals surface area contributed by atoms with E-state index < -0.39 is 5.91 Å². The molecule has 0 saturated carbocycles. The molecule has 0 aliphatic carbocycles. The number of carbonyl (C=O) groups excluding carboxylic acids is 2. The van der Waals surface area contributed by atoms with Gasteiger partial charge in [-0.05, 0) is 62.4 Å². The van der Waals surface area contributed by atoms with Crippen LogP contribution in [0.15, 0.2) is 18.2 Å². The molecule has 5 heteroatoms. The molecule has 1 heterocycles. The van der Waals surface area contributed by atoms with E-state index in [1.807, 2.05) is 6.92 Å². The van der Waals surface area contributed by atoms with Crippen molar-refractivity contribution in [2.45, 2.75) is 33.1 Å². The van der Waals surface area contributed by atoms with Gasteiger partial charge in [0.05, 0.1) is 0 Å². The summed E-state index contributed by atoms with van der Waals surface area (Å²) in [5, 5.41) is 6.26. The van der Waals surface area contributed by atoms with Crippen molar-refractivity contribution >= 4 is 17.5 Å². The van der Waals surface area contributed by atoms with Gasteiger partial charge >= 0.3 is 0 Å². The van der Waals surface area contributed by atoms with Gasteiger partial charge in [0, 0.05) is 17.7 Å². The van der Waals surface area contributed by atoms with Crippen molar-refractivity contribution in [3.8, 4) is 0 Å². The van der Waals surface area contributed by atoms with Gasteiger partial charge in [-0.25, -0.2) is 0 Å². The van der Waals surface area contributed by atoms with Gasteiger partial charge in [-0.2, -0.15) is 0 Å². The second-order valence-corrected chi connectivity index (χ2v) is 6.21. The highest BCUT2D eigenvalue weighted by Crippen LogP contribution is 2.25. The molecule has 0 radical (unpaired) electrons. The number of hydrogen-bond donors (Lipinski definition) is 3. The van der Waals surface area contributed by atoms with Gasteiger partial charge in [-0.15, -0.1) is 0 Å². The Morgan fingerprint density at radius 1 is 1.36 bits per heavy atom. The normalized spacial score (nSPS) is 17.0. The minimum Gasteiger partial charge on any atom is -0.366 e. The van der Waals surface area contributed by atoms with Crippen molar-refractivity contribution in [1.29, 1.82) is 0 Å². The third-order valence-electron chi connectivity index (χ3n) is 4.49. The molecule has 0 spiro atoms. The zero-order valence-corrected chi connectivity index (χ0v) is 13.3. The minimum atomic E-state index is -0.487. The number of rotatable bonds is 5. The van der Waals surface area contributed by atoms with Gasteiger partial charge in [0.25, 0.3) is 0 Å². The quantitative estimate of drug-likeness (QED) is 0.778. The van der Waals surface area contributed by atoms with Crippen molar-refractivity contribution in [3.05, 3.63) is 29.3 Å². The van der Waals surface area contributed by atoms with E-state index in [-0.39, 0.29) is 5.91 Å². The Bertz CT molecular complexity index is 551. The standard InChI is InChI=1S/C17H25N3O2/c1-11-3-4-14(17(18)22)10-15(11)20-16(21)9-12(2)13-5-7-19-8-6-13/h3-4,10,12-13,19H,5-9H2,1-2H3,(H2,18,22)(H,20,21). The number of aryl methyl sites for hydroxylation is 1. The second kappa shape index (κ2) is 7.40. The lowest BCUT2D eigenvalue weighted by atomic mass is 9.84. The molecule has 1 unspecified atom stereocenters. The highest BCUT2D eigenvalue weighted by molar-refractivity contribution is 5.97. The van der Waals surface area contributed by atoms with E-state index in [1.54, 1.807) is 18.2 Å². The van der Waals surface area contributed by atoms with E-state index in [4.69, 9.17) is 5.73 Å². The topological polar surface area (TPSA) is 84.2 Å². The van der Waals surface area contributed by atoms with E-state index in [0.29, 0.717) is 29.5 Å². The number of nitrogens with one attached hydrogen (secondary N) is 2. The maximum absolute atomic E-state index is 12.3. The third-order valence-corrected chi connectivity index (χ3v) is 4.49. The second-order valence-electron chi connectivity index (χ2n) is 6.21. The first kappa shape index (κ1) is 16.5. The van der Waals surface area contributed by atoms with Crippen molar-refractivity contribution in [2.75, 3.05) is 18.4 Å². The van der Waals surface area contributed by atoms with Crippen LogP contribution < -0.4 is 16.4 Å². The van der Waals surface area contributed by atoms with Crippen LogP contribution in [0.25, 0.3) is 0 Å². The van der Waals surface area contributed by atoms with Gasteiger partial charge in [0.1, 0.15) is 0 Å². The van der Waals surface area contributed by atoms with Crippen molar-refractivity contribution in [1.82, 2.24) is 5.32 Å². The van der Waals surface area contributed by atoms with Gasteiger partial charge in [0.15, 0.2) is 0 Å². The summed E-state index contributed by atoms with van der Waals surface area (Å²) in [6.07, 6.45) is 2.76. The monoisotopic (exact) mass is 303 g/mol. The molecule has 1 aromatic carbocycles. The lowest BCUT2D eigenvalue weighted by Gasteiger charge is -2.28. The van der Waals surface area contributed by atoms with E-state index in [2.05, 4.69) is 17.6 Å². The predicted molar refractivity (Wildman–Crippen MR) is 87.7 cm³/mol. The first-order valence-corrected chi connectivity index (χ1v) is 7.88. The summed E-state index contributed by atoms with van der Waals surface area (Å²) in [5.74, 6) is 0.473. The molecular formula is C17H25N3O2. The minimum absolute atomic E-state index is 0.00393. The Kier molecular flexibility index (Phi) is 5.55. The smallest absolute Gasteiger partial charge is 0.248 e. The van der Waals surface area contributed by atoms with E-state index in [1.165, 1.54) is 0 Å². The van der Waals surface area contributed by atoms with Crippen LogP contribution in [0.3, 0.4) is 0 Å². The average Bonchev–Trinajstić information content (AvgIpc) is 2.50. The average molecular weight is 303 g/mol. The number of amides is 2. The largest absolute Gasteiger partial charge is 0.366 e. The molecule has 4 N–H and O–H groups in total. The third kappa shape index (κ3) is 4.31. The Hall–Kier alpha value is -1.88. The Morgan fingerprint density at radius 3 is 2.68 bits per heavy atom. The number of anilines is 1. The molecule has 1 aromatic rings. The number of primary amides is 1. The van der Waals surface area contributed by atoms with Crippen LogP contribution in [0.2, 0.25) is 0 Å². The van der Waals surface area contributed by atoms with Crippen LogP contribution in [0.1, 0.15) is 42.1 Å². The van der Waals surface area contributed by atoms with Crippen LogP contribution in [0.5, 0.6) is 0 Å². The maximum atomic E-state index is 12.3. The van der Waals surface area contributed by atoms with Gasteiger partial charge in [-0.1, -0.05) is 13.0 Å². The lowest BCUT2D eigenvalue weighted by Crippen LogP contribution is -2.32. The van der Waals surface area contributed by atoms with Gasteiger partial charge in [-0.3, -0.25) is 9.59 Å². The fourth-order valence-electron chi connectivity index (χ4n) is 2.98. The van der Waals surface area contributed by atoms with Crippen LogP contribution in [0.4, 0.5) is 5.69 Å². The number of hydrogen-bond acceptors (Lipinski definition) is 3. The maximum Gasteiger partial charge on any atom is 0.248 e. The van der Waals surface area contributed by atoms with Crippen molar-refractivity contribution in [3.63, 3.8) is 0 Å². The SMILES string of the molecule is Cc1ccc(C(N)=O)cc1NC(=O)CC(C)C1CCNCC1. The predicted octanol–water partition coefficient (Wildman–Crippen LogP) is 2.06. The highest BCUT2D eigenvalue weighted by Gasteiger charge is 2.22. The molecule has 2 rings (SSSR count). The highest BCUT2D eigenvalue weighted by atomic mass is 16.2. The summed E-state index contributed by atoms with van der Waals surface area (Å²) in [6, 6.07) is 5.11. The molecule has 1 aliphatic rings. The first-order valence-electron chi connectivity index (χ1n) is 7.88. The van der Waals surface area contributed by atoms with E-state index in [9.17, 15) is 9.59 Å². The number of nitrogens with two attached hydrogens (primary N) is 1. The fraction of sp³-hybridized carbons (Fsp3) is 0.529. The van der Waals surface area contributed by atoms with E-state index >= 15 is 0 Å². The Morgan fingerprint density at radius 2 is 2.05 bits per heavy atom. The molecule has 2 amide bonds. The van der Waals surface area contributed by atoms with Crippen molar-refractivity contribution in [2.24, 2.45) is 17.6 Å². The van der Waals surface area contributed by atoms with Crippen molar-refractivity contribution < 1.29 is 9.59 Å². The zero-order valence-electron chi connectivity index (χ0n) is 13.3. The summed E-state index contributed by atoms with van der Waals surface area (Å²) in [6.45, 7) is 6.12. The summed E-state index contributed by atoms with van der Waals surface area (Å²) in [4.78, 5) is 23.5. The summed E-state index contributed by atoms with van der Waals surface area (Å²) in [5.41, 5.74) is 7.28. The number of carbonyl (C=O) groups is 2. The molecular weight excluding hydrogens is 278 g/mol. The number of piperidine rings is 1. The Labute approximate surface area is 131 Å². The van der Waals surface area contributed by atoms with Gasteiger partial charge in [0.2, 0.25) is 11.8 Å². The summed E-state index contributed by atoms with van der Waals surface area (Å²) < 4.78 is 0. The van der Waals surface area contributed by atoms with Gasteiger partial charge < -0.3 is 16.4 Å². The molecule has 1 aliphatic heterocycles. The van der Waals surface area contributed by atoms with Crippen LogP contribution in [-0.4, -0.2) is 24.9 Å². The first-order chi connectivity index (χ1) is 10.5. The summed E-state index contributed by atoms with van der Waals surface area (Å²) in [7, 11) is 0. The number of benzene rings is 1. The zero-order chi connectivity index (χ0) is 16.1. The molecule has 5 nitrogen and oxygen atoms in total.